The largest absolute Gasteiger partial charge is 0.439 e. The van der Waals surface area contributed by atoms with Gasteiger partial charge in [-0.25, -0.2) is 4.98 Å². The van der Waals surface area contributed by atoms with Gasteiger partial charge in [0.05, 0.1) is 6.10 Å². The lowest BCUT2D eigenvalue weighted by atomic mass is 10.0. The maximum Gasteiger partial charge on any atom is 0.219 e. The highest BCUT2D eigenvalue weighted by molar-refractivity contribution is 5.41. The smallest absolute Gasteiger partial charge is 0.219 e. The zero-order chi connectivity index (χ0) is 14.7. The first-order valence-electron chi connectivity index (χ1n) is 6.90. The van der Waals surface area contributed by atoms with E-state index in [0.29, 0.717) is 11.8 Å². The van der Waals surface area contributed by atoms with Gasteiger partial charge in [0, 0.05) is 12.3 Å². The van der Waals surface area contributed by atoms with Crippen molar-refractivity contribution in [3.63, 3.8) is 0 Å². The zero-order valence-corrected chi connectivity index (χ0v) is 12.4. The van der Waals surface area contributed by atoms with Gasteiger partial charge in [-0.3, -0.25) is 0 Å². The van der Waals surface area contributed by atoms with E-state index < -0.39 is 6.10 Å². The zero-order valence-electron chi connectivity index (χ0n) is 12.4. The Morgan fingerprint density at radius 3 is 2.40 bits per heavy atom. The number of pyridine rings is 1. The fraction of sp³-hybridized carbons (Fsp3) is 0.353. The van der Waals surface area contributed by atoms with Gasteiger partial charge in [0.25, 0.3) is 0 Å². The summed E-state index contributed by atoms with van der Waals surface area (Å²) < 4.78 is 5.89. The highest BCUT2D eigenvalue weighted by Crippen LogP contribution is 2.30. The fourth-order valence-corrected chi connectivity index (χ4v) is 2.02. The van der Waals surface area contributed by atoms with Gasteiger partial charge in [-0.05, 0) is 48.6 Å². The van der Waals surface area contributed by atoms with E-state index in [1.165, 1.54) is 0 Å². The van der Waals surface area contributed by atoms with Crippen molar-refractivity contribution in [3.05, 3.63) is 53.2 Å². The van der Waals surface area contributed by atoms with Crippen molar-refractivity contribution >= 4 is 0 Å². The summed E-state index contributed by atoms with van der Waals surface area (Å²) in [5.74, 6) is 1.78. The normalized spacial score (nSPS) is 12.5. The number of rotatable bonds is 4. The Kier molecular flexibility index (Phi) is 4.40. The van der Waals surface area contributed by atoms with Crippen LogP contribution in [0.3, 0.4) is 0 Å². The number of aliphatic hydroxyl groups is 1. The molecule has 3 nitrogen and oxygen atoms in total. The number of aryl methyl sites for hydroxylation is 1. The van der Waals surface area contributed by atoms with Crippen LogP contribution in [0.1, 0.15) is 49.5 Å². The Hall–Kier alpha value is -1.87. The second kappa shape index (κ2) is 6.06. The molecule has 0 aliphatic carbocycles. The summed E-state index contributed by atoms with van der Waals surface area (Å²) in [5.41, 5.74) is 3.10. The first-order valence-corrected chi connectivity index (χ1v) is 6.90. The molecule has 2 aromatic rings. The number of aliphatic hydroxyl groups excluding tert-OH is 1. The summed E-state index contributed by atoms with van der Waals surface area (Å²) >= 11 is 0. The molecule has 20 heavy (non-hydrogen) atoms. The first-order chi connectivity index (χ1) is 9.47. The number of benzene rings is 1. The molecule has 0 amide bonds. The van der Waals surface area contributed by atoms with Crippen LogP contribution in [0.4, 0.5) is 0 Å². The van der Waals surface area contributed by atoms with Gasteiger partial charge in [-0.15, -0.1) is 0 Å². The summed E-state index contributed by atoms with van der Waals surface area (Å²) in [4.78, 5) is 4.24. The molecule has 1 heterocycles. The maximum atomic E-state index is 9.48. The molecule has 106 valence electrons. The number of aromatic nitrogens is 1. The minimum absolute atomic E-state index is 0.391. The molecule has 1 aromatic carbocycles. The molecule has 0 fully saturated rings. The Morgan fingerprint density at radius 2 is 1.85 bits per heavy atom. The van der Waals surface area contributed by atoms with E-state index >= 15 is 0 Å². The monoisotopic (exact) mass is 271 g/mol. The van der Waals surface area contributed by atoms with Crippen molar-refractivity contribution in [1.82, 2.24) is 4.98 Å². The molecular formula is C17H21NO2. The van der Waals surface area contributed by atoms with Gasteiger partial charge in [0.2, 0.25) is 5.88 Å². The van der Waals surface area contributed by atoms with Crippen LogP contribution >= 0.6 is 0 Å². The van der Waals surface area contributed by atoms with E-state index in [4.69, 9.17) is 4.74 Å². The van der Waals surface area contributed by atoms with E-state index in [9.17, 15) is 5.11 Å². The summed E-state index contributed by atoms with van der Waals surface area (Å²) in [7, 11) is 0. The average Bonchev–Trinajstić information content (AvgIpc) is 2.39. The van der Waals surface area contributed by atoms with E-state index in [1.807, 2.05) is 19.1 Å². The van der Waals surface area contributed by atoms with Gasteiger partial charge in [0.15, 0.2) is 0 Å². The molecule has 1 aromatic heterocycles. The van der Waals surface area contributed by atoms with Crippen LogP contribution in [-0.4, -0.2) is 10.1 Å². The molecule has 0 radical (unpaired) electrons. The van der Waals surface area contributed by atoms with Crippen molar-refractivity contribution in [2.75, 3.05) is 0 Å². The Labute approximate surface area is 120 Å². The molecule has 2 rings (SSSR count). The second-order valence-electron chi connectivity index (χ2n) is 5.40. The van der Waals surface area contributed by atoms with E-state index in [1.54, 1.807) is 19.2 Å². The SMILES string of the molecule is Cc1ccc(C(C)C)c(Oc2ccc(C(C)O)cn2)c1. The minimum atomic E-state index is -0.512. The lowest BCUT2D eigenvalue weighted by Gasteiger charge is -2.14. The molecule has 0 aliphatic heterocycles. The molecular weight excluding hydrogens is 250 g/mol. The minimum Gasteiger partial charge on any atom is -0.439 e. The van der Waals surface area contributed by atoms with Crippen LogP contribution < -0.4 is 4.74 Å². The Balaban J connectivity index is 2.27. The summed E-state index contributed by atoms with van der Waals surface area (Å²) in [6, 6.07) is 9.83. The van der Waals surface area contributed by atoms with Gasteiger partial charge in [-0.2, -0.15) is 0 Å². The van der Waals surface area contributed by atoms with Crippen molar-refractivity contribution in [2.45, 2.75) is 39.7 Å². The predicted octanol–water partition coefficient (Wildman–Crippen LogP) is 4.36. The van der Waals surface area contributed by atoms with Gasteiger partial charge >= 0.3 is 0 Å². The quantitative estimate of drug-likeness (QED) is 0.898. The molecule has 0 saturated carbocycles. The van der Waals surface area contributed by atoms with E-state index in [0.717, 1.165) is 22.4 Å². The van der Waals surface area contributed by atoms with Crippen molar-refractivity contribution in [2.24, 2.45) is 0 Å². The van der Waals surface area contributed by atoms with Crippen LogP contribution in [0.25, 0.3) is 0 Å². The third-order valence-electron chi connectivity index (χ3n) is 3.25. The molecule has 0 spiro atoms. The molecule has 0 aliphatic rings. The topological polar surface area (TPSA) is 42.4 Å². The average molecular weight is 271 g/mol. The number of hydrogen-bond acceptors (Lipinski definition) is 3. The van der Waals surface area contributed by atoms with Crippen LogP contribution in [0.15, 0.2) is 36.5 Å². The van der Waals surface area contributed by atoms with Crippen LogP contribution in [0.2, 0.25) is 0 Å². The highest BCUT2D eigenvalue weighted by Gasteiger charge is 2.10. The fourth-order valence-electron chi connectivity index (χ4n) is 2.02. The number of hydrogen-bond donors (Lipinski definition) is 1. The molecule has 1 atom stereocenters. The van der Waals surface area contributed by atoms with Crippen molar-refractivity contribution in [3.8, 4) is 11.6 Å². The Morgan fingerprint density at radius 1 is 1.10 bits per heavy atom. The van der Waals surface area contributed by atoms with Gasteiger partial charge in [-0.1, -0.05) is 26.0 Å². The van der Waals surface area contributed by atoms with Crippen molar-refractivity contribution < 1.29 is 9.84 Å². The maximum absolute atomic E-state index is 9.48. The van der Waals surface area contributed by atoms with E-state index in [2.05, 4.69) is 31.0 Å². The highest BCUT2D eigenvalue weighted by atomic mass is 16.5. The standard InChI is InChI=1S/C17H21NO2/c1-11(2)15-7-5-12(3)9-16(15)20-17-8-6-14(10-18-17)13(4)19/h5-11,13,19H,1-4H3. The summed E-state index contributed by atoms with van der Waals surface area (Å²) in [6.45, 7) is 8.04. The third-order valence-corrected chi connectivity index (χ3v) is 3.25. The molecule has 0 bridgehead atoms. The number of nitrogens with zero attached hydrogens (tertiary/aromatic N) is 1. The molecule has 0 saturated heterocycles. The lowest BCUT2D eigenvalue weighted by molar-refractivity contribution is 0.198. The summed E-state index contributed by atoms with van der Waals surface area (Å²) in [6.07, 6.45) is 1.13. The molecule has 1 unspecified atom stereocenters. The summed E-state index contributed by atoms with van der Waals surface area (Å²) in [5, 5.41) is 9.48. The van der Waals surface area contributed by atoms with Crippen molar-refractivity contribution in [1.29, 1.82) is 0 Å². The van der Waals surface area contributed by atoms with Gasteiger partial charge < -0.3 is 9.84 Å². The van der Waals surface area contributed by atoms with E-state index in [-0.39, 0.29) is 0 Å². The first kappa shape index (κ1) is 14.5. The third kappa shape index (κ3) is 3.36. The van der Waals surface area contributed by atoms with Crippen LogP contribution in [0, 0.1) is 6.92 Å². The lowest BCUT2D eigenvalue weighted by Crippen LogP contribution is -1.97. The predicted molar refractivity (Wildman–Crippen MR) is 80.2 cm³/mol. The molecule has 1 N–H and O–H groups in total. The second-order valence-corrected chi connectivity index (χ2v) is 5.40. The van der Waals surface area contributed by atoms with Crippen LogP contribution in [0.5, 0.6) is 11.6 Å². The van der Waals surface area contributed by atoms with Gasteiger partial charge in [0.1, 0.15) is 5.75 Å². The number of ether oxygens (including phenoxy) is 1. The van der Waals surface area contributed by atoms with Crippen LogP contribution in [-0.2, 0) is 0 Å². The Bertz CT molecular complexity index is 574. The molecule has 3 heteroatoms.